The smallest absolute Gasteiger partial charge is 0.410 e. The minimum absolute atomic E-state index is 0.0205. The Kier molecular flexibility index (Phi) is 9.34. The number of hydrogen-bond donors (Lipinski definition) is 2. The number of carbonyl (C=O) groups is 4. The molecular weight excluding hydrogens is 460 g/mol. The number of nitrogens with zero attached hydrogens (tertiary/aromatic N) is 2. The van der Waals surface area contributed by atoms with Crippen molar-refractivity contribution < 1.29 is 23.9 Å². The zero-order valence-corrected chi connectivity index (χ0v) is 21.9. The highest BCUT2D eigenvalue weighted by Gasteiger charge is 2.36. The summed E-state index contributed by atoms with van der Waals surface area (Å²) in [6.07, 6.45) is 2.83. The second kappa shape index (κ2) is 12.2. The third-order valence-corrected chi connectivity index (χ3v) is 6.69. The summed E-state index contributed by atoms with van der Waals surface area (Å²) in [5, 5.41) is 5.54. The first-order valence-electron chi connectivity index (χ1n) is 12.9. The molecule has 0 spiro atoms. The molecular formula is C27H40N4O5. The van der Waals surface area contributed by atoms with Gasteiger partial charge < -0.3 is 25.2 Å². The Morgan fingerprint density at radius 3 is 2.22 bits per heavy atom. The molecule has 3 rings (SSSR count). The van der Waals surface area contributed by atoms with Crippen molar-refractivity contribution in [3.05, 3.63) is 35.9 Å². The molecule has 0 saturated carbocycles. The first-order valence-corrected chi connectivity index (χ1v) is 12.9. The Balaban J connectivity index is 1.59. The van der Waals surface area contributed by atoms with Gasteiger partial charge in [-0.15, -0.1) is 0 Å². The van der Waals surface area contributed by atoms with E-state index < -0.39 is 17.7 Å². The van der Waals surface area contributed by atoms with Gasteiger partial charge in [-0.1, -0.05) is 30.3 Å². The topological polar surface area (TPSA) is 108 Å². The van der Waals surface area contributed by atoms with E-state index in [1.165, 1.54) is 0 Å². The van der Waals surface area contributed by atoms with E-state index in [0.717, 1.165) is 18.4 Å². The van der Waals surface area contributed by atoms with Gasteiger partial charge in [0.25, 0.3) is 0 Å². The van der Waals surface area contributed by atoms with Crippen molar-refractivity contribution >= 4 is 23.8 Å². The summed E-state index contributed by atoms with van der Waals surface area (Å²) in [6.45, 7) is 7.29. The maximum Gasteiger partial charge on any atom is 0.410 e. The van der Waals surface area contributed by atoms with Crippen LogP contribution in [0.2, 0.25) is 0 Å². The molecule has 198 valence electrons. The van der Waals surface area contributed by atoms with Gasteiger partial charge in [-0.2, -0.15) is 0 Å². The number of amides is 4. The number of carbonyl (C=O) groups excluding carboxylic acids is 4. The summed E-state index contributed by atoms with van der Waals surface area (Å²) in [6, 6.07) is 8.87. The molecule has 2 aliphatic rings. The molecule has 4 amide bonds. The summed E-state index contributed by atoms with van der Waals surface area (Å²) >= 11 is 0. The normalized spacial score (nSPS) is 21.3. The molecule has 0 unspecified atom stereocenters. The van der Waals surface area contributed by atoms with E-state index in [-0.39, 0.29) is 29.6 Å². The van der Waals surface area contributed by atoms with Crippen molar-refractivity contribution in [1.82, 2.24) is 20.4 Å². The van der Waals surface area contributed by atoms with E-state index in [0.29, 0.717) is 45.4 Å². The molecule has 2 heterocycles. The van der Waals surface area contributed by atoms with Crippen LogP contribution in [0.5, 0.6) is 0 Å². The number of likely N-dealkylation sites (tertiary alicyclic amines) is 2. The lowest BCUT2D eigenvalue weighted by Gasteiger charge is -2.38. The predicted molar refractivity (Wildman–Crippen MR) is 136 cm³/mol. The van der Waals surface area contributed by atoms with Crippen LogP contribution in [0.25, 0.3) is 0 Å². The summed E-state index contributed by atoms with van der Waals surface area (Å²) in [4.78, 5) is 54.8. The van der Waals surface area contributed by atoms with Crippen LogP contribution in [0.4, 0.5) is 4.79 Å². The number of ether oxygens (including phenoxy) is 1. The molecule has 9 nitrogen and oxygen atoms in total. The van der Waals surface area contributed by atoms with Crippen LogP contribution < -0.4 is 10.6 Å². The lowest BCUT2D eigenvalue weighted by molar-refractivity contribution is -0.141. The summed E-state index contributed by atoms with van der Waals surface area (Å²) in [5.74, 6) is -1.16. The number of piperidine rings is 2. The molecule has 0 bridgehead atoms. The molecule has 1 aromatic rings. The van der Waals surface area contributed by atoms with E-state index in [1.807, 2.05) is 51.1 Å². The second-order valence-electron chi connectivity index (χ2n) is 10.8. The van der Waals surface area contributed by atoms with Crippen LogP contribution in [0.3, 0.4) is 0 Å². The highest BCUT2D eigenvalue weighted by molar-refractivity contribution is 5.89. The summed E-state index contributed by atoms with van der Waals surface area (Å²) in [5.41, 5.74) is 0.368. The fourth-order valence-corrected chi connectivity index (χ4v) is 4.84. The lowest BCUT2D eigenvalue weighted by Crippen LogP contribution is -2.53. The number of rotatable bonds is 6. The minimum atomic E-state index is -0.684. The van der Waals surface area contributed by atoms with Gasteiger partial charge in [0.15, 0.2) is 0 Å². The molecule has 2 N–H and O–H groups in total. The SMILES string of the molecule is CNC(=O)[C@H](Cc1ccccc1)NC(=O)[C@@H]1CCCN(C(=O)[C@@H]2CCCN(C(=O)OC(C)(C)C)C2)C1. The van der Waals surface area contributed by atoms with E-state index in [2.05, 4.69) is 10.6 Å². The largest absolute Gasteiger partial charge is 0.444 e. The fraction of sp³-hybridized carbons (Fsp3) is 0.630. The van der Waals surface area contributed by atoms with Crippen molar-refractivity contribution in [2.45, 2.75) is 64.5 Å². The Hall–Kier alpha value is -3.10. The minimum Gasteiger partial charge on any atom is -0.444 e. The van der Waals surface area contributed by atoms with Crippen molar-refractivity contribution in [1.29, 1.82) is 0 Å². The average molecular weight is 501 g/mol. The molecule has 9 heteroatoms. The monoisotopic (exact) mass is 500 g/mol. The molecule has 2 saturated heterocycles. The molecule has 2 aliphatic heterocycles. The zero-order chi connectivity index (χ0) is 26.3. The molecule has 2 fully saturated rings. The van der Waals surface area contributed by atoms with Gasteiger partial charge in [-0.05, 0) is 52.0 Å². The molecule has 0 radical (unpaired) electrons. The van der Waals surface area contributed by atoms with Crippen molar-refractivity contribution in [2.24, 2.45) is 11.8 Å². The Bertz CT molecular complexity index is 930. The van der Waals surface area contributed by atoms with Gasteiger partial charge >= 0.3 is 6.09 Å². The Morgan fingerprint density at radius 1 is 0.972 bits per heavy atom. The molecule has 0 aliphatic carbocycles. The van der Waals surface area contributed by atoms with Crippen LogP contribution in [0, 0.1) is 11.8 Å². The molecule has 3 atom stereocenters. The predicted octanol–water partition coefficient (Wildman–Crippen LogP) is 2.35. The molecule has 36 heavy (non-hydrogen) atoms. The van der Waals surface area contributed by atoms with Gasteiger partial charge in [0.05, 0.1) is 11.8 Å². The third-order valence-electron chi connectivity index (χ3n) is 6.69. The van der Waals surface area contributed by atoms with Gasteiger partial charge in [-0.3, -0.25) is 14.4 Å². The van der Waals surface area contributed by atoms with Crippen LogP contribution in [-0.4, -0.2) is 78.5 Å². The van der Waals surface area contributed by atoms with Crippen molar-refractivity contribution in [3.63, 3.8) is 0 Å². The van der Waals surface area contributed by atoms with E-state index in [4.69, 9.17) is 4.74 Å². The average Bonchev–Trinajstić information content (AvgIpc) is 2.87. The van der Waals surface area contributed by atoms with E-state index in [1.54, 1.807) is 16.8 Å². The highest BCUT2D eigenvalue weighted by atomic mass is 16.6. The van der Waals surface area contributed by atoms with E-state index >= 15 is 0 Å². The first kappa shape index (κ1) is 27.5. The van der Waals surface area contributed by atoms with Gasteiger partial charge in [-0.25, -0.2) is 4.79 Å². The molecule has 0 aromatic heterocycles. The lowest BCUT2D eigenvalue weighted by atomic mass is 9.92. The maximum atomic E-state index is 13.3. The standard InChI is InChI=1S/C27H40N4O5/c1-27(2,3)36-26(35)31-15-9-13-21(18-31)25(34)30-14-8-12-20(17-30)23(32)29-22(24(33)28-4)16-19-10-6-5-7-11-19/h5-7,10-11,20-22H,8-9,12-18H2,1-4H3,(H,28,33)(H,29,32)/t20-,21-,22+/m1/s1. The van der Waals surface area contributed by atoms with Gasteiger partial charge in [0.1, 0.15) is 11.6 Å². The summed E-state index contributed by atoms with van der Waals surface area (Å²) < 4.78 is 5.48. The Labute approximate surface area is 213 Å². The van der Waals surface area contributed by atoms with Gasteiger partial charge in [0, 0.05) is 39.6 Å². The number of benzene rings is 1. The van der Waals surface area contributed by atoms with Crippen LogP contribution >= 0.6 is 0 Å². The maximum absolute atomic E-state index is 13.3. The number of likely N-dealkylation sites (N-methyl/N-ethyl adjacent to an activating group) is 1. The van der Waals surface area contributed by atoms with Crippen molar-refractivity contribution in [3.8, 4) is 0 Å². The molecule has 1 aromatic carbocycles. The quantitative estimate of drug-likeness (QED) is 0.623. The first-order chi connectivity index (χ1) is 17.1. The third kappa shape index (κ3) is 7.70. The van der Waals surface area contributed by atoms with Crippen LogP contribution in [-0.2, 0) is 25.5 Å². The second-order valence-corrected chi connectivity index (χ2v) is 10.8. The van der Waals surface area contributed by atoms with Crippen LogP contribution in [0.15, 0.2) is 30.3 Å². The van der Waals surface area contributed by atoms with Gasteiger partial charge in [0.2, 0.25) is 17.7 Å². The number of nitrogens with one attached hydrogen (secondary N) is 2. The Morgan fingerprint density at radius 2 is 1.58 bits per heavy atom. The van der Waals surface area contributed by atoms with Crippen molar-refractivity contribution in [2.75, 3.05) is 33.2 Å². The zero-order valence-electron chi connectivity index (χ0n) is 21.9. The summed E-state index contributed by atoms with van der Waals surface area (Å²) in [7, 11) is 1.55. The number of hydrogen-bond acceptors (Lipinski definition) is 5. The fourth-order valence-electron chi connectivity index (χ4n) is 4.84. The van der Waals surface area contributed by atoms with E-state index in [9.17, 15) is 19.2 Å². The highest BCUT2D eigenvalue weighted by Crippen LogP contribution is 2.25. The van der Waals surface area contributed by atoms with Crippen LogP contribution in [0.1, 0.15) is 52.0 Å².